The third-order valence-electron chi connectivity index (χ3n) is 1.39. The molecule has 0 atom stereocenters. The van der Waals surface area contributed by atoms with Crippen molar-refractivity contribution < 1.29 is 17.0 Å². The Morgan fingerprint density at radius 1 is 1.19 bits per heavy atom. The molecule has 0 aliphatic carbocycles. The summed E-state index contributed by atoms with van der Waals surface area (Å²) in [6.45, 7) is 0.949. The summed E-state index contributed by atoms with van der Waals surface area (Å²) in [4.78, 5) is 0. The second kappa shape index (κ2) is 10.6. The van der Waals surface area contributed by atoms with Crippen LogP contribution >= 0.6 is 0 Å². The fraction of sp³-hybridized carbons (Fsp3) is 0.750. The minimum absolute atomic E-state index is 0.00424. The standard InChI is InChI=1S/2C4H7F2NSi/c1-8(5,6)4-2-3-7;5-4(6)8-3-1-2-7/h2,4H2,1H3;4H,1,3,8H2. The van der Waals surface area contributed by atoms with Crippen LogP contribution in [0.25, 0.3) is 0 Å². The highest BCUT2D eigenvalue weighted by molar-refractivity contribution is 6.64. The lowest BCUT2D eigenvalue weighted by molar-refractivity contribution is 0.237. The van der Waals surface area contributed by atoms with Gasteiger partial charge in [-0.05, 0) is 12.6 Å². The molecule has 0 radical (unpaired) electrons. The molecule has 8 heteroatoms. The van der Waals surface area contributed by atoms with E-state index >= 15 is 0 Å². The Balaban J connectivity index is 0. The van der Waals surface area contributed by atoms with Crippen molar-refractivity contribution in [2.24, 2.45) is 0 Å². The third-order valence-corrected chi connectivity index (χ3v) is 3.71. The van der Waals surface area contributed by atoms with E-state index < -0.39 is 24.3 Å². The minimum atomic E-state index is -3.90. The highest BCUT2D eigenvalue weighted by atomic mass is 28.4. The normalized spacial score (nSPS) is 10.8. The number of halogens is 4. The van der Waals surface area contributed by atoms with Crippen molar-refractivity contribution in [3.63, 3.8) is 0 Å². The lowest BCUT2D eigenvalue weighted by atomic mass is 10.6. The fourth-order valence-corrected chi connectivity index (χ4v) is 1.83. The van der Waals surface area contributed by atoms with Gasteiger partial charge in [0.25, 0.3) is 0 Å². The van der Waals surface area contributed by atoms with Gasteiger partial charge in [0.1, 0.15) is 9.52 Å². The van der Waals surface area contributed by atoms with Crippen LogP contribution in [-0.4, -0.2) is 24.3 Å². The van der Waals surface area contributed by atoms with E-state index in [0.717, 1.165) is 6.55 Å². The van der Waals surface area contributed by atoms with Crippen LogP contribution in [0.2, 0.25) is 18.6 Å². The maximum absolute atomic E-state index is 11.9. The number of rotatable bonds is 5. The Labute approximate surface area is 96.1 Å². The Kier molecular flexibility index (Phi) is 11.7. The molecule has 0 bridgehead atoms. The SMILES string of the molecule is C[Si](F)(F)CCC#N.N#CCC[SiH2]C(F)F. The number of nitriles is 2. The first kappa shape index (κ1) is 17.5. The van der Waals surface area contributed by atoms with Crippen LogP contribution in [0.1, 0.15) is 12.8 Å². The lowest BCUT2D eigenvalue weighted by Gasteiger charge is -1.99. The van der Waals surface area contributed by atoms with Crippen LogP contribution in [0.4, 0.5) is 17.0 Å². The van der Waals surface area contributed by atoms with Gasteiger partial charge >= 0.3 is 8.74 Å². The smallest absolute Gasteiger partial charge is 0.271 e. The Morgan fingerprint density at radius 3 is 1.94 bits per heavy atom. The van der Waals surface area contributed by atoms with Crippen molar-refractivity contribution in [3.8, 4) is 12.1 Å². The molecule has 0 amide bonds. The number of hydrogen-bond donors (Lipinski definition) is 0. The van der Waals surface area contributed by atoms with E-state index in [2.05, 4.69) is 0 Å². The average molecular weight is 270 g/mol. The molecule has 16 heavy (non-hydrogen) atoms. The summed E-state index contributed by atoms with van der Waals surface area (Å²) in [6, 6.07) is 1.66. The molecule has 0 fully saturated rings. The van der Waals surface area contributed by atoms with Gasteiger partial charge < -0.3 is 0 Å². The Morgan fingerprint density at radius 2 is 1.69 bits per heavy atom. The molecule has 0 spiro atoms. The molecule has 0 saturated heterocycles. The minimum Gasteiger partial charge on any atom is -0.271 e. The van der Waals surface area contributed by atoms with Gasteiger partial charge in [-0.25, -0.2) is 8.78 Å². The molecule has 92 valence electrons. The van der Waals surface area contributed by atoms with Gasteiger partial charge in [-0.1, -0.05) is 0 Å². The van der Waals surface area contributed by atoms with E-state index in [1.54, 1.807) is 6.07 Å². The number of nitrogens with zero attached hydrogens (tertiary/aromatic N) is 2. The molecule has 0 unspecified atom stereocenters. The van der Waals surface area contributed by atoms with Crippen molar-refractivity contribution in [3.05, 3.63) is 0 Å². The van der Waals surface area contributed by atoms with Crippen LogP contribution < -0.4 is 0 Å². The molecule has 2 nitrogen and oxygen atoms in total. The zero-order valence-corrected chi connectivity index (χ0v) is 11.4. The van der Waals surface area contributed by atoms with Gasteiger partial charge in [-0.2, -0.15) is 10.5 Å². The maximum atomic E-state index is 11.9. The topological polar surface area (TPSA) is 47.6 Å². The maximum Gasteiger partial charge on any atom is 0.423 e. The van der Waals surface area contributed by atoms with E-state index in [1.165, 1.54) is 0 Å². The molecule has 0 aromatic carbocycles. The molecule has 0 aliphatic rings. The molecule has 0 aliphatic heterocycles. The van der Waals surface area contributed by atoms with Crippen LogP contribution in [0, 0.1) is 22.7 Å². The van der Waals surface area contributed by atoms with E-state index in [0.29, 0.717) is 12.5 Å². The summed E-state index contributed by atoms with van der Waals surface area (Å²) < 4.78 is 46.4. The molecule has 0 aromatic rings. The second-order valence-corrected chi connectivity index (χ2v) is 7.71. The monoisotopic (exact) mass is 270 g/mol. The van der Waals surface area contributed by atoms with Crippen molar-refractivity contribution in [1.82, 2.24) is 0 Å². The number of alkyl halides is 2. The molecule has 0 aromatic heterocycles. The van der Waals surface area contributed by atoms with Crippen LogP contribution in [-0.2, 0) is 0 Å². The van der Waals surface area contributed by atoms with Gasteiger partial charge in [0.05, 0.1) is 12.1 Å². The number of hydrogen-bond acceptors (Lipinski definition) is 2. The van der Waals surface area contributed by atoms with Crippen LogP contribution in [0.15, 0.2) is 0 Å². The highest BCUT2D eigenvalue weighted by Gasteiger charge is 2.26. The second-order valence-electron chi connectivity index (χ2n) is 3.17. The fourth-order valence-electron chi connectivity index (χ4n) is 0.611. The molecular formula is C8H14F4N2Si2. The molecule has 0 rings (SSSR count). The largest absolute Gasteiger partial charge is 0.423 e. The summed E-state index contributed by atoms with van der Waals surface area (Å²) in [7, 11) is -5.12. The van der Waals surface area contributed by atoms with Gasteiger partial charge in [0, 0.05) is 18.9 Å². The average Bonchev–Trinajstić information content (AvgIpc) is 2.14. The van der Waals surface area contributed by atoms with E-state index in [4.69, 9.17) is 10.5 Å². The van der Waals surface area contributed by atoms with Gasteiger partial charge in [0.2, 0.25) is 6.05 Å². The lowest BCUT2D eigenvalue weighted by Crippen LogP contribution is -2.14. The summed E-state index contributed by atoms with van der Waals surface area (Å²) in [6.07, 6.45) is 0.298. The molecular weight excluding hydrogens is 256 g/mol. The zero-order valence-electron chi connectivity index (χ0n) is 9.02. The van der Waals surface area contributed by atoms with E-state index in [-0.39, 0.29) is 12.5 Å². The molecule has 0 heterocycles. The first-order valence-electron chi connectivity index (χ1n) is 4.73. The predicted molar refractivity (Wildman–Crippen MR) is 58.5 cm³/mol. The van der Waals surface area contributed by atoms with Crippen LogP contribution in [0.3, 0.4) is 0 Å². The summed E-state index contributed by atoms with van der Waals surface area (Å²) >= 11 is 0. The van der Waals surface area contributed by atoms with E-state index in [1.807, 2.05) is 6.07 Å². The Bertz CT molecular complexity index is 242. The summed E-state index contributed by atoms with van der Waals surface area (Å²) in [5.41, 5.74) is 0. The molecule has 0 saturated carbocycles. The van der Waals surface area contributed by atoms with Crippen molar-refractivity contribution in [2.75, 3.05) is 0 Å². The van der Waals surface area contributed by atoms with Gasteiger partial charge in [-0.3, -0.25) is 8.22 Å². The Hall–Kier alpha value is -0.866. The first-order valence-corrected chi connectivity index (χ1v) is 9.01. The highest BCUT2D eigenvalue weighted by Crippen LogP contribution is 2.13. The quantitative estimate of drug-likeness (QED) is 0.334. The zero-order chi connectivity index (χ0) is 13.0. The van der Waals surface area contributed by atoms with E-state index in [9.17, 15) is 17.0 Å². The third kappa shape index (κ3) is 23.2. The van der Waals surface area contributed by atoms with Crippen molar-refractivity contribution >= 4 is 18.3 Å². The van der Waals surface area contributed by atoms with Crippen molar-refractivity contribution in [1.29, 1.82) is 10.5 Å². The van der Waals surface area contributed by atoms with Gasteiger partial charge in [0.15, 0.2) is 0 Å². The van der Waals surface area contributed by atoms with Crippen molar-refractivity contribution in [2.45, 2.75) is 37.5 Å². The summed E-state index contributed by atoms with van der Waals surface area (Å²) in [5, 5.41) is 15.8. The first-order chi connectivity index (χ1) is 7.33. The van der Waals surface area contributed by atoms with Gasteiger partial charge in [-0.15, -0.1) is 0 Å². The predicted octanol–water partition coefficient (Wildman–Crippen LogP) is 2.62. The molecule has 0 N–H and O–H groups in total. The van der Waals surface area contributed by atoms with Crippen LogP contribution in [0.5, 0.6) is 0 Å². The summed E-state index contributed by atoms with van der Waals surface area (Å²) in [5.74, 6) is 0.